The molecule has 2 atom stereocenters. The van der Waals surface area contributed by atoms with Gasteiger partial charge in [-0.3, -0.25) is 4.79 Å². The van der Waals surface area contributed by atoms with Gasteiger partial charge in [0.1, 0.15) is 30.1 Å². The van der Waals surface area contributed by atoms with Crippen LogP contribution in [-0.2, 0) is 6.61 Å². The molecule has 0 aliphatic heterocycles. The van der Waals surface area contributed by atoms with E-state index in [2.05, 4.69) is 5.16 Å². The van der Waals surface area contributed by atoms with Crippen molar-refractivity contribution in [1.82, 2.24) is 5.16 Å². The van der Waals surface area contributed by atoms with E-state index >= 15 is 0 Å². The molecule has 2 aliphatic carbocycles. The molecular weight excluding hydrogens is 517 g/mol. The van der Waals surface area contributed by atoms with E-state index in [1.807, 2.05) is 42.5 Å². The molecule has 0 amide bonds. The number of carbonyl (C=O) groups is 1. The lowest BCUT2D eigenvalue weighted by Gasteiger charge is -2.11. The summed E-state index contributed by atoms with van der Waals surface area (Å²) in [6.45, 7) is 0.275. The van der Waals surface area contributed by atoms with Crippen LogP contribution in [0.4, 0.5) is 0 Å². The average molecular weight is 539 g/mol. The van der Waals surface area contributed by atoms with Crippen LogP contribution in [0.3, 0.4) is 0 Å². The van der Waals surface area contributed by atoms with Crippen LogP contribution in [0.2, 0.25) is 15.1 Å². The molecule has 1 aromatic heterocycles. The number of carbonyl (C=O) groups excluding carboxylic acids is 1. The zero-order valence-corrected chi connectivity index (χ0v) is 21.5. The number of halogens is 3. The van der Waals surface area contributed by atoms with Crippen LogP contribution in [0.1, 0.15) is 69.8 Å². The molecule has 2 saturated carbocycles. The van der Waals surface area contributed by atoms with Crippen molar-refractivity contribution >= 4 is 41.1 Å². The lowest BCUT2D eigenvalue weighted by atomic mass is 10.0. The van der Waals surface area contributed by atoms with Crippen LogP contribution < -0.4 is 4.74 Å². The Morgan fingerprint density at radius 3 is 2.36 bits per heavy atom. The van der Waals surface area contributed by atoms with Gasteiger partial charge in [-0.05, 0) is 66.5 Å². The van der Waals surface area contributed by atoms with Gasteiger partial charge in [-0.25, -0.2) is 0 Å². The molecular formula is C29H22Cl3NO3. The van der Waals surface area contributed by atoms with Crippen molar-refractivity contribution in [3.63, 3.8) is 0 Å². The Bertz CT molecular complexity index is 1420. The third-order valence-corrected chi connectivity index (χ3v) is 7.97. The van der Waals surface area contributed by atoms with Gasteiger partial charge >= 0.3 is 0 Å². The second-order valence-corrected chi connectivity index (χ2v) is 10.7. The van der Waals surface area contributed by atoms with Gasteiger partial charge in [0.25, 0.3) is 0 Å². The summed E-state index contributed by atoms with van der Waals surface area (Å²) < 4.78 is 11.9. The van der Waals surface area contributed by atoms with E-state index in [1.165, 1.54) is 5.56 Å². The first-order valence-corrected chi connectivity index (χ1v) is 13.1. The van der Waals surface area contributed by atoms with Gasteiger partial charge in [0.15, 0.2) is 0 Å². The van der Waals surface area contributed by atoms with Gasteiger partial charge in [0, 0.05) is 22.1 Å². The van der Waals surface area contributed by atoms with Crippen LogP contribution in [0.15, 0.2) is 65.2 Å². The number of nitrogens with zero attached hydrogens (tertiary/aromatic N) is 1. The average Bonchev–Trinajstić information content (AvgIpc) is 3.81. The monoisotopic (exact) mass is 537 g/mol. The van der Waals surface area contributed by atoms with E-state index in [0.29, 0.717) is 55.4 Å². The molecule has 0 saturated heterocycles. The number of aldehydes is 1. The standard InChI is InChI=1S/C29H22Cl3NO3/c30-24-2-1-3-25(31)27(24)28-23(29(36-33-28)18-8-9-18)15-35-19-10-11-20(26(32)12-19)22-13-21(22)17-6-4-16(14-34)5-7-17/h1-7,10-12,14,18,21-22H,8-9,13,15H2. The minimum Gasteiger partial charge on any atom is -0.489 e. The molecule has 6 rings (SSSR count). The summed E-state index contributed by atoms with van der Waals surface area (Å²) >= 11 is 19.6. The maximum absolute atomic E-state index is 10.9. The van der Waals surface area contributed by atoms with Crippen molar-refractivity contribution in [3.05, 3.63) is 104 Å². The molecule has 2 aliphatic rings. The third kappa shape index (κ3) is 4.54. The summed E-state index contributed by atoms with van der Waals surface area (Å²) in [6, 6.07) is 19.0. The highest BCUT2D eigenvalue weighted by molar-refractivity contribution is 6.39. The fraction of sp³-hybridized carbons (Fsp3) is 0.241. The van der Waals surface area contributed by atoms with Gasteiger partial charge in [0.2, 0.25) is 0 Å². The summed E-state index contributed by atoms with van der Waals surface area (Å²) in [7, 11) is 0. The highest BCUT2D eigenvalue weighted by Gasteiger charge is 2.40. The smallest absolute Gasteiger partial charge is 0.150 e. The van der Waals surface area contributed by atoms with Crippen LogP contribution in [0.25, 0.3) is 11.3 Å². The van der Waals surface area contributed by atoms with Crippen LogP contribution in [0, 0.1) is 0 Å². The second kappa shape index (κ2) is 9.59. The summed E-state index contributed by atoms with van der Waals surface area (Å²) in [5.74, 6) is 2.64. The van der Waals surface area contributed by atoms with E-state index < -0.39 is 0 Å². The van der Waals surface area contributed by atoms with Crippen molar-refractivity contribution in [1.29, 1.82) is 0 Å². The SMILES string of the molecule is O=Cc1ccc(C2CC2c2ccc(OCc3c(-c4c(Cl)cccc4Cl)noc3C3CC3)cc2Cl)cc1. The number of hydrogen-bond acceptors (Lipinski definition) is 4. The number of benzene rings is 3. The van der Waals surface area contributed by atoms with Gasteiger partial charge in [-0.2, -0.15) is 0 Å². The number of rotatable bonds is 8. The highest BCUT2D eigenvalue weighted by atomic mass is 35.5. The second-order valence-electron chi connectivity index (χ2n) is 9.45. The first-order chi connectivity index (χ1) is 17.5. The quantitative estimate of drug-likeness (QED) is 0.210. The molecule has 0 radical (unpaired) electrons. The normalized spacial score (nSPS) is 18.8. The molecule has 7 heteroatoms. The Morgan fingerprint density at radius 1 is 0.944 bits per heavy atom. The summed E-state index contributed by atoms with van der Waals surface area (Å²) in [5, 5.41) is 6.05. The summed E-state index contributed by atoms with van der Waals surface area (Å²) in [4.78, 5) is 10.9. The molecule has 0 spiro atoms. The Morgan fingerprint density at radius 2 is 1.69 bits per heavy atom. The van der Waals surface area contributed by atoms with Crippen molar-refractivity contribution in [2.45, 2.75) is 43.6 Å². The maximum Gasteiger partial charge on any atom is 0.150 e. The van der Waals surface area contributed by atoms with Crippen molar-refractivity contribution in [2.75, 3.05) is 0 Å². The Balaban J connectivity index is 1.20. The van der Waals surface area contributed by atoms with Gasteiger partial charge < -0.3 is 9.26 Å². The molecule has 2 unspecified atom stereocenters. The van der Waals surface area contributed by atoms with Crippen molar-refractivity contribution in [2.24, 2.45) is 0 Å². The zero-order chi connectivity index (χ0) is 24.8. The third-order valence-electron chi connectivity index (χ3n) is 7.01. The predicted molar refractivity (Wildman–Crippen MR) is 142 cm³/mol. The lowest BCUT2D eigenvalue weighted by Crippen LogP contribution is -2.00. The minimum absolute atomic E-state index is 0.275. The highest BCUT2D eigenvalue weighted by Crippen LogP contribution is 2.56. The van der Waals surface area contributed by atoms with Crippen LogP contribution in [0.5, 0.6) is 5.75 Å². The molecule has 0 N–H and O–H groups in total. The molecule has 182 valence electrons. The lowest BCUT2D eigenvalue weighted by molar-refractivity contribution is 0.112. The Labute approximate surface area is 224 Å². The molecule has 4 aromatic rings. The molecule has 1 heterocycles. The van der Waals surface area contributed by atoms with Gasteiger partial charge in [-0.1, -0.05) is 76.4 Å². The molecule has 0 bridgehead atoms. The Kier molecular flexibility index (Phi) is 6.28. The van der Waals surface area contributed by atoms with Crippen molar-refractivity contribution < 1.29 is 14.1 Å². The fourth-order valence-corrected chi connectivity index (χ4v) is 5.72. The maximum atomic E-state index is 10.9. The zero-order valence-electron chi connectivity index (χ0n) is 19.2. The number of hydrogen-bond donors (Lipinski definition) is 0. The van der Waals surface area contributed by atoms with E-state index in [9.17, 15) is 4.79 Å². The first kappa shape index (κ1) is 23.6. The Hall–Kier alpha value is -2.79. The van der Waals surface area contributed by atoms with Crippen molar-refractivity contribution in [3.8, 4) is 17.0 Å². The van der Waals surface area contributed by atoms with E-state index in [1.54, 1.807) is 18.2 Å². The molecule has 2 fully saturated rings. The number of aromatic nitrogens is 1. The van der Waals surface area contributed by atoms with E-state index in [4.69, 9.17) is 44.1 Å². The molecule has 4 nitrogen and oxygen atoms in total. The van der Waals surface area contributed by atoms with Crippen LogP contribution in [-0.4, -0.2) is 11.4 Å². The minimum atomic E-state index is 0.275. The summed E-state index contributed by atoms with van der Waals surface area (Å²) in [5.41, 5.74) is 5.18. The first-order valence-electron chi connectivity index (χ1n) is 11.9. The number of ether oxygens (including phenoxy) is 1. The molecule has 36 heavy (non-hydrogen) atoms. The van der Waals surface area contributed by atoms with Crippen LogP contribution >= 0.6 is 34.8 Å². The van der Waals surface area contributed by atoms with Gasteiger partial charge in [-0.15, -0.1) is 0 Å². The largest absolute Gasteiger partial charge is 0.489 e. The fourth-order valence-electron chi connectivity index (χ4n) is 4.83. The van der Waals surface area contributed by atoms with E-state index in [-0.39, 0.29) is 6.61 Å². The summed E-state index contributed by atoms with van der Waals surface area (Å²) in [6.07, 6.45) is 4.04. The molecule has 3 aromatic carbocycles. The van der Waals surface area contributed by atoms with E-state index in [0.717, 1.165) is 42.4 Å². The topological polar surface area (TPSA) is 52.3 Å². The predicted octanol–water partition coefficient (Wildman–Crippen LogP) is 8.84. The van der Waals surface area contributed by atoms with Gasteiger partial charge in [0.05, 0.1) is 15.6 Å².